The lowest BCUT2D eigenvalue weighted by Gasteiger charge is -2.22. The number of hydrogen-bond donors (Lipinski definition) is 3. The van der Waals surface area contributed by atoms with E-state index in [1.165, 1.54) is 0 Å². The first-order chi connectivity index (χ1) is 16.2. The van der Waals surface area contributed by atoms with Gasteiger partial charge in [0.25, 0.3) is 0 Å². The van der Waals surface area contributed by atoms with Crippen LogP contribution in [0.5, 0.6) is 23.0 Å². The van der Waals surface area contributed by atoms with Gasteiger partial charge in [-0.2, -0.15) is 0 Å². The second-order valence-corrected chi connectivity index (χ2v) is 8.96. The fourth-order valence-corrected chi connectivity index (χ4v) is 4.54. The Kier molecular flexibility index (Phi) is 8.43. The molecular weight excluding hydrogens is 465 g/mol. The van der Waals surface area contributed by atoms with Crippen molar-refractivity contribution in [3.05, 3.63) is 35.4 Å². The van der Waals surface area contributed by atoms with Gasteiger partial charge in [0.2, 0.25) is 11.7 Å². The number of methoxy groups -OCH3 is 4. The van der Waals surface area contributed by atoms with Gasteiger partial charge in [-0.25, -0.2) is 4.57 Å². The molecule has 0 fully saturated rings. The van der Waals surface area contributed by atoms with Gasteiger partial charge in [-0.05, 0) is 54.2 Å². The molecule has 0 unspecified atom stereocenters. The normalized spacial score (nSPS) is 14.9. The van der Waals surface area contributed by atoms with Crippen molar-refractivity contribution in [3.8, 4) is 34.1 Å². The monoisotopic (exact) mass is 495 g/mol. The molecule has 3 N–H and O–H groups in total. The highest BCUT2D eigenvalue weighted by Crippen LogP contribution is 2.50. The van der Waals surface area contributed by atoms with Gasteiger partial charge in [0.05, 0.1) is 41.1 Å². The summed E-state index contributed by atoms with van der Waals surface area (Å²) in [6.07, 6.45) is 1.48. The summed E-state index contributed by atoms with van der Waals surface area (Å²) in [7, 11) is 1.72. The highest BCUT2D eigenvalue weighted by atomic mass is 31.2. The van der Waals surface area contributed by atoms with Crippen LogP contribution in [0.2, 0.25) is 0 Å². The Balaban J connectivity index is 1.96. The summed E-state index contributed by atoms with van der Waals surface area (Å²) in [5.74, 6) is 1.99. The van der Waals surface area contributed by atoms with E-state index in [9.17, 15) is 9.36 Å². The molecule has 34 heavy (non-hydrogen) atoms. The Morgan fingerprint density at radius 3 is 2.41 bits per heavy atom. The molecule has 0 heterocycles. The van der Waals surface area contributed by atoms with Crippen molar-refractivity contribution >= 4 is 13.7 Å². The lowest BCUT2D eigenvalue weighted by molar-refractivity contribution is -0.122. The number of amides is 1. The zero-order chi connectivity index (χ0) is 24.9. The maximum Gasteiger partial charge on any atom is 0.469 e. The summed E-state index contributed by atoms with van der Waals surface area (Å²) < 4.78 is 37.5. The Hall–Kier alpha value is -2.78. The van der Waals surface area contributed by atoms with E-state index in [2.05, 4.69) is 9.84 Å². The van der Waals surface area contributed by atoms with E-state index in [4.69, 9.17) is 28.7 Å². The van der Waals surface area contributed by atoms with Crippen LogP contribution in [0.4, 0.5) is 0 Å². The molecule has 0 saturated heterocycles. The van der Waals surface area contributed by atoms with Gasteiger partial charge in [-0.3, -0.25) is 9.32 Å². The summed E-state index contributed by atoms with van der Waals surface area (Å²) in [5.41, 5.74) is 3.60. The lowest BCUT2D eigenvalue weighted by atomic mass is 9.93. The molecule has 1 atom stereocenters. The predicted molar refractivity (Wildman–Crippen MR) is 125 cm³/mol. The van der Waals surface area contributed by atoms with Gasteiger partial charge in [-0.1, -0.05) is 6.07 Å². The number of carbonyl (C=O) groups is 1. The minimum atomic E-state index is -4.55. The standard InChI is InChI=1S/C23H30NO9P/c1-29-15-8-9-16-17(13-15)18(24-20(25)6-5-11-33-34(26,27)28)10-7-14-12-19(30-2)22(31-3)23(32-4)21(14)16/h8-9,12-13,18H,5-7,10-11H2,1-4H3,(H,24,25)(H2,26,27,28)/t18-/m0/s1. The van der Waals surface area contributed by atoms with Crippen LogP contribution in [0.15, 0.2) is 24.3 Å². The van der Waals surface area contributed by atoms with Crippen LogP contribution in [0, 0.1) is 0 Å². The van der Waals surface area contributed by atoms with Gasteiger partial charge in [0, 0.05) is 12.0 Å². The molecule has 2 aromatic carbocycles. The zero-order valence-corrected chi connectivity index (χ0v) is 20.5. The van der Waals surface area contributed by atoms with Crippen LogP contribution >= 0.6 is 7.82 Å². The Bertz CT molecular complexity index is 1080. The van der Waals surface area contributed by atoms with E-state index in [1.54, 1.807) is 28.4 Å². The van der Waals surface area contributed by atoms with Crippen LogP contribution in [0.25, 0.3) is 11.1 Å². The number of phosphoric acid groups is 1. The Morgan fingerprint density at radius 2 is 1.79 bits per heavy atom. The maximum atomic E-state index is 12.7. The Morgan fingerprint density at radius 1 is 1.06 bits per heavy atom. The largest absolute Gasteiger partial charge is 0.497 e. The molecule has 0 bridgehead atoms. The van der Waals surface area contributed by atoms with Crippen LogP contribution in [-0.2, 0) is 20.3 Å². The highest BCUT2D eigenvalue weighted by Gasteiger charge is 2.30. The van der Waals surface area contributed by atoms with Gasteiger partial charge >= 0.3 is 7.82 Å². The molecule has 0 spiro atoms. The molecule has 10 nitrogen and oxygen atoms in total. The fourth-order valence-electron chi connectivity index (χ4n) is 4.17. The van der Waals surface area contributed by atoms with E-state index in [0.717, 1.165) is 22.3 Å². The van der Waals surface area contributed by atoms with Crippen molar-refractivity contribution in [2.24, 2.45) is 0 Å². The molecule has 1 aliphatic carbocycles. The first-order valence-electron chi connectivity index (χ1n) is 10.7. The average molecular weight is 495 g/mol. The molecule has 0 aromatic heterocycles. The lowest BCUT2D eigenvalue weighted by Crippen LogP contribution is -2.28. The van der Waals surface area contributed by atoms with Gasteiger partial charge in [-0.15, -0.1) is 0 Å². The van der Waals surface area contributed by atoms with Gasteiger partial charge < -0.3 is 34.1 Å². The third-order valence-electron chi connectivity index (χ3n) is 5.66. The third-order valence-corrected chi connectivity index (χ3v) is 6.18. The number of nitrogens with one attached hydrogen (secondary N) is 1. The van der Waals surface area contributed by atoms with Crippen LogP contribution in [0.3, 0.4) is 0 Å². The third kappa shape index (κ3) is 5.82. The summed E-state index contributed by atoms with van der Waals surface area (Å²) in [5, 5.41) is 3.05. The second-order valence-electron chi connectivity index (χ2n) is 7.72. The Labute approximate surface area is 198 Å². The molecule has 2 aromatic rings. The number of ether oxygens (including phenoxy) is 4. The van der Waals surface area contributed by atoms with Crippen LogP contribution < -0.4 is 24.3 Å². The summed E-state index contributed by atoms with van der Waals surface area (Å²) in [4.78, 5) is 30.2. The molecule has 0 radical (unpaired) electrons. The van der Waals surface area contributed by atoms with Crippen molar-refractivity contribution in [2.45, 2.75) is 31.7 Å². The predicted octanol–water partition coefficient (Wildman–Crippen LogP) is 3.38. The minimum Gasteiger partial charge on any atom is -0.497 e. The van der Waals surface area contributed by atoms with Crippen LogP contribution in [0.1, 0.15) is 36.4 Å². The summed E-state index contributed by atoms with van der Waals surface area (Å²) in [6, 6.07) is 7.27. The number of phosphoric ester groups is 1. The summed E-state index contributed by atoms with van der Waals surface area (Å²) in [6.45, 7) is -0.213. The van der Waals surface area contributed by atoms with E-state index < -0.39 is 7.82 Å². The van der Waals surface area contributed by atoms with Crippen molar-refractivity contribution < 1.29 is 42.6 Å². The quantitative estimate of drug-likeness (QED) is 0.335. The van der Waals surface area contributed by atoms with E-state index in [0.29, 0.717) is 35.8 Å². The number of fused-ring (bicyclic) bond motifs is 3. The molecule has 1 aliphatic rings. The number of benzene rings is 2. The fraction of sp³-hybridized carbons (Fsp3) is 0.435. The van der Waals surface area contributed by atoms with Gasteiger partial charge in [0.1, 0.15) is 5.75 Å². The van der Waals surface area contributed by atoms with Crippen molar-refractivity contribution in [1.82, 2.24) is 5.32 Å². The van der Waals surface area contributed by atoms with Crippen LogP contribution in [-0.4, -0.2) is 50.7 Å². The maximum absolute atomic E-state index is 12.7. The molecule has 0 aliphatic heterocycles. The van der Waals surface area contributed by atoms with Crippen molar-refractivity contribution in [3.63, 3.8) is 0 Å². The first-order valence-corrected chi connectivity index (χ1v) is 12.2. The first kappa shape index (κ1) is 25.8. The second kappa shape index (κ2) is 11.1. The SMILES string of the molecule is COc1ccc2c(c1)[C@@H](NC(=O)CCCOP(=O)(O)O)CCc1cc(OC)c(OC)c(OC)c1-2. The molecule has 3 rings (SSSR count). The topological polar surface area (TPSA) is 133 Å². The molecule has 0 saturated carbocycles. The number of aryl methyl sites for hydroxylation is 1. The average Bonchev–Trinajstić information content (AvgIpc) is 2.96. The van der Waals surface area contributed by atoms with E-state index in [-0.39, 0.29) is 31.4 Å². The van der Waals surface area contributed by atoms with Crippen molar-refractivity contribution in [1.29, 1.82) is 0 Å². The molecule has 186 valence electrons. The molecular formula is C23H30NO9P. The number of hydrogen-bond acceptors (Lipinski definition) is 7. The summed E-state index contributed by atoms with van der Waals surface area (Å²) >= 11 is 0. The zero-order valence-electron chi connectivity index (χ0n) is 19.6. The number of carbonyl (C=O) groups excluding carboxylic acids is 1. The van der Waals surface area contributed by atoms with Crippen molar-refractivity contribution in [2.75, 3.05) is 35.0 Å². The highest BCUT2D eigenvalue weighted by molar-refractivity contribution is 7.46. The smallest absolute Gasteiger partial charge is 0.469 e. The molecule has 1 amide bonds. The molecule has 11 heteroatoms. The van der Waals surface area contributed by atoms with Gasteiger partial charge in [0.15, 0.2) is 11.5 Å². The minimum absolute atomic E-state index is 0.0632. The number of rotatable bonds is 10. The van der Waals surface area contributed by atoms with E-state index >= 15 is 0 Å². The van der Waals surface area contributed by atoms with E-state index in [1.807, 2.05) is 24.3 Å².